The fourth-order valence-electron chi connectivity index (χ4n) is 2.53. The van der Waals surface area contributed by atoms with Crippen LogP contribution in [0.4, 0.5) is 4.79 Å². The Morgan fingerprint density at radius 3 is 2.37 bits per heavy atom. The van der Waals surface area contributed by atoms with Gasteiger partial charge in [-0.2, -0.15) is 5.48 Å². The molecule has 2 amide bonds. The van der Waals surface area contributed by atoms with Gasteiger partial charge in [0.15, 0.2) is 0 Å². The fraction of sp³-hybridized carbons (Fsp3) is 0.524. The van der Waals surface area contributed by atoms with Gasteiger partial charge in [0, 0.05) is 12.5 Å². The summed E-state index contributed by atoms with van der Waals surface area (Å²) in [5.74, 6) is -2.80. The summed E-state index contributed by atoms with van der Waals surface area (Å²) >= 11 is 0. The van der Waals surface area contributed by atoms with Crippen molar-refractivity contribution in [2.45, 2.75) is 65.5 Å². The average Bonchev–Trinajstić information content (AvgIpc) is 2.61. The second-order valence-electron chi connectivity index (χ2n) is 8.19. The van der Waals surface area contributed by atoms with Crippen LogP contribution in [0.15, 0.2) is 24.3 Å². The van der Waals surface area contributed by atoms with Crippen molar-refractivity contribution in [3.8, 4) is 0 Å². The number of ether oxygens (including phenoxy) is 1. The zero-order valence-electron chi connectivity index (χ0n) is 18.0. The number of rotatable bonds is 8. The van der Waals surface area contributed by atoms with E-state index in [0.29, 0.717) is 5.56 Å². The second kappa shape index (κ2) is 11.2. The van der Waals surface area contributed by atoms with Gasteiger partial charge < -0.3 is 20.0 Å². The molecule has 3 N–H and O–H groups in total. The van der Waals surface area contributed by atoms with Crippen molar-refractivity contribution in [1.29, 1.82) is 0 Å². The van der Waals surface area contributed by atoms with Crippen LogP contribution in [-0.4, -0.2) is 40.7 Å². The molecule has 1 aromatic carbocycles. The average molecular weight is 422 g/mol. The highest BCUT2D eigenvalue weighted by molar-refractivity contribution is 5.87. The molecule has 9 heteroatoms. The van der Waals surface area contributed by atoms with Crippen LogP contribution in [0.5, 0.6) is 0 Å². The highest BCUT2D eigenvalue weighted by Gasteiger charge is 2.26. The molecule has 0 spiro atoms. The topological polar surface area (TPSA) is 131 Å². The van der Waals surface area contributed by atoms with Gasteiger partial charge in [-0.25, -0.2) is 9.59 Å². The summed E-state index contributed by atoms with van der Waals surface area (Å²) in [7, 11) is 0. The number of carboxylic acids is 1. The second-order valence-corrected chi connectivity index (χ2v) is 8.19. The Balaban J connectivity index is 2.78. The van der Waals surface area contributed by atoms with Crippen molar-refractivity contribution in [2.24, 2.45) is 5.92 Å². The third kappa shape index (κ3) is 9.90. The van der Waals surface area contributed by atoms with Crippen molar-refractivity contribution >= 4 is 23.9 Å². The van der Waals surface area contributed by atoms with Crippen molar-refractivity contribution in [3.05, 3.63) is 35.4 Å². The highest BCUT2D eigenvalue weighted by atomic mass is 16.7. The molecule has 1 atom stereocenters. The lowest BCUT2D eigenvalue weighted by molar-refractivity contribution is -0.160. The zero-order valence-corrected chi connectivity index (χ0v) is 18.0. The maximum atomic E-state index is 12.6. The predicted octanol–water partition coefficient (Wildman–Crippen LogP) is 2.83. The summed E-state index contributed by atoms with van der Waals surface area (Å²) in [6, 6.07) is 6.11. The Bertz CT molecular complexity index is 769. The van der Waals surface area contributed by atoms with Gasteiger partial charge in [0.05, 0.1) is 11.5 Å². The SMILES string of the molecule is CC(C)NC(=O)ONC(=O)CCC(Cc1cccc(C(=O)O)c1)C(=O)OC(C)(C)C. The summed E-state index contributed by atoms with van der Waals surface area (Å²) in [5.41, 5.74) is 2.07. The molecule has 1 aromatic rings. The Kier molecular flexibility index (Phi) is 9.29. The molecule has 0 bridgehead atoms. The number of carbonyl (C=O) groups is 4. The van der Waals surface area contributed by atoms with E-state index in [-0.39, 0.29) is 30.9 Å². The van der Waals surface area contributed by atoms with Crippen LogP contribution in [0.25, 0.3) is 0 Å². The Morgan fingerprint density at radius 2 is 1.80 bits per heavy atom. The van der Waals surface area contributed by atoms with E-state index in [1.165, 1.54) is 12.1 Å². The Morgan fingerprint density at radius 1 is 1.13 bits per heavy atom. The molecule has 1 rings (SSSR count). The Labute approximate surface area is 176 Å². The lowest BCUT2D eigenvalue weighted by Gasteiger charge is -2.24. The van der Waals surface area contributed by atoms with Gasteiger partial charge in [0.25, 0.3) is 5.91 Å². The molecule has 0 radical (unpaired) electrons. The zero-order chi connectivity index (χ0) is 22.9. The van der Waals surface area contributed by atoms with Crippen LogP contribution in [0.1, 0.15) is 63.4 Å². The number of aromatic carboxylic acids is 1. The third-order valence-electron chi connectivity index (χ3n) is 3.78. The number of benzene rings is 1. The molecule has 9 nitrogen and oxygen atoms in total. The van der Waals surface area contributed by atoms with Gasteiger partial charge in [-0.05, 0) is 65.2 Å². The van der Waals surface area contributed by atoms with Crippen molar-refractivity contribution in [3.63, 3.8) is 0 Å². The fourth-order valence-corrected chi connectivity index (χ4v) is 2.53. The first kappa shape index (κ1) is 24.9. The smallest absolute Gasteiger partial charge is 0.431 e. The minimum Gasteiger partial charge on any atom is -0.478 e. The summed E-state index contributed by atoms with van der Waals surface area (Å²) in [5, 5.41) is 11.6. The molecule has 30 heavy (non-hydrogen) atoms. The maximum absolute atomic E-state index is 12.6. The molecule has 0 saturated carbocycles. The largest absolute Gasteiger partial charge is 0.478 e. The molecule has 0 heterocycles. The first-order chi connectivity index (χ1) is 13.9. The van der Waals surface area contributed by atoms with Crippen LogP contribution in [0.2, 0.25) is 0 Å². The molecule has 0 aliphatic carbocycles. The lowest BCUT2D eigenvalue weighted by Crippen LogP contribution is -2.37. The van der Waals surface area contributed by atoms with Crippen LogP contribution in [-0.2, 0) is 25.6 Å². The summed E-state index contributed by atoms with van der Waals surface area (Å²) in [6.07, 6.45) is -0.532. The van der Waals surface area contributed by atoms with Gasteiger partial charge in [-0.3, -0.25) is 9.59 Å². The first-order valence-electron chi connectivity index (χ1n) is 9.68. The number of esters is 1. The van der Waals surface area contributed by atoms with E-state index in [1.54, 1.807) is 46.8 Å². The standard InChI is InChI=1S/C21H30N2O7/c1-13(2)22-20(28)30-23-17(24)10-9-16(19(27)29-21(3,4)5)12-14-7-6-8-15(11-14)18(25)26/h6-8,11,13,16H,9-10,12H2,1-5H3,(H,22,28)(H,23,24)(H,25,26). The minimum absolute atomic E-state index is 0.0858. The van der Waals surface area contributed by atoms with Crippen molar-refractivity contribution in [2.75, 3.05) is 0 Å². The van der Waals surface area contributed by atoms with Gasteiger partial charge in [0.1, 0.15) is 5.60 Å². The Hall–Kier alpha value is -3.10. The van der Waals surface area contributed by atoms with Gasteiger partial charge in [-0.1, -0.05) is 12.1 Å². The number of amides is 2. The molecule has 0 aliphatic rings. The third-order valence-corrected chi connectivity index (χ3v) is 3.78. The van der Waals surface area contributed by atoms with E-state index < -0.39 is 35.5 Å². The lowest BCUT2D eigenvalue weighted by atomic mass is 9.93. The van der Waals surface area contributed by atoms with E-state index in [9.17, 15) is 19.2 Å². The van der Waals surface area contributed by atoms with Gasteiger partial charge in [0.2, 0.25) is 0 Å². The number of hydroxylamine groups is 1. The van der Waals surface area contributed by atoms with E-state index in [1.807, 2.05) is 5.48 Å². The number of carboxylic acid groups (broad SMARTS) is 1. The van der Waals surface area contributed by atoms with E-state index in [2.05, 4.69) is 10.2 Å². The van der Waals surface area contributed by atoms with Gasteiger partial charge >= 0.3 is 18.0 Å². The highest BCUT2D eigenvalue weighted by Crippen LogP contribution is 2.20. The molecule has 166 valence electrons. The predicted molar refractivity (Wildman–Crippen MR) is 109 cm³/mol. The summed E-state index contributed by atoms with van der Waals surface area (Å²) in [4.78, 5) is 51.8. The molecular formula is C21H30N2O7. The van der Waals surface area contributed by atoms with Crippen LogP contribution >= 0.6 is 0 Å². The summed E-state index contributed by atoms with van der Waals surface area (Å²) in [6.45, 7) is 8.70. The van der Waals surface area contributed by atoms with E-state index in [0.717, 1.165) is 0 Å². The molecule has 0 aromatic heterocycles. The molecule has 0 fully saturated rings. The number of nitrogens with one attached hydrogen (secondary N) is 2. The van der Waals surface area contributed by atoms with E-state index in [4.69, 9.17) is 9.84 Å². The van der Waals surface area contributed by atoms with Gasteiger partial charge in [-0.15, -0.1) is 0 Å². The monoisotopic (exact) mass is 422 g/mol. The number of hydrogen-bond donors (Lipinski definition) is 3. The molecule has 0 saturated heterocycles. The van der Waals surface area contributed by atoms with Crippen molar-refractivity contribution < 1.29 is 33.9 Å². The molecular weight excluding hydrogens is 392 g/mol. The van der Waals surface area contributed by atoms with Crippen LogP contribution < -0.4 is 10.8 Å². The molecule has 0 aliphatic heterocycles. The quantitative estimate of drug-likeness (QED) is 0.434. The maximum Gasteiger partial charge on any atom is 0.431 e. The first-order valence-corrected chi connectivity index (χ1v) is 9.68. The minimum atomic E-state index is -1.07. The molecule has 1 unspecified atom stereocenters. The number of carbonyl (C=O) groups excluding carboxylic acids is 3. The summed E-state index contributed by atoms with van der Waals surface area (Å²) < 4.78 is 5.44. The van der Waals surface area contributed by atoms with Crippen LogP contribution in [0.3, 0.4) is 0 Å². The van der Waals surface area contributed by atoms with Crippen LogP contribution in [0, 0.1) is 5.92 Å². The normalized spacial score (nSPS) is 12.1. The van der Waals surface area contributed by atoms with E-state index >= 15 is 0 Å². The van der Waals surface area contributed by atoms with Crippen molar-refractivity contribution in [1.82, 2.24) is 10.8 Å². The number of hydrogen-bond acceptors (Lipinski definition) is 6.